The molecule has 4 rings (SSSR count). The number of carbonyl (C=O) groups excluding carboxylic acids is 2. The number of sulfonamides is 1. The Kier molecular flexibility index (Phi) is 10.8. The molecule has 0 aliphatic rings. The van der Waals surface area contributed by atoms with Crippen LogP contribution in [0.4, 0.5) is 5.69 Å². The van der Waals surface area contributed by atoms with Gasteiger partial charge in [0.05, 0.1) is 10.6 Å². The number of amides is 2. The Labute approximate surface area is 260 Å². The Morgan fingerprint density at radius 1 is 0.795 bits per heavy atom. The molecule has 230 valence electrons. The van der Waals surface area contributed by atoms with Crippen LogP contribution >= 0.6 is 0 Å². The first-order valence-electron chi connectivity index (χ1n) is 14.6. The molecule has 0 saturated heterocycles. The van der Waals surface area contributed by atoms with Gasteiger partial charge in [0, 0.05) is 12.6 Å². The summed E-state index contributed by atoms with van der Waals surface area (Å²) in [6, 6.07) is 30.5. The van der Waals surface area contributed by atoms with Crippen molar-refractivity contribution in [3.8, 4) is 11.5 Å². The summed E-state index contributed by atoms with van der Waals surface area (Å²) in [6.45, 7) is 7.10. The molecule has 0 saturated carbocycles. The fourth-order valence-corrected chi connectivity index (χ4v) is 6.01. The third-order valence-electron chi connectivity index (χ3n) is 7.48. The Morgan fingerprint density at radius 2 is 1.36 bits per heavy atom. The van der Waals surface area contributed by atoms with E-state index in [1.165, 1.54) is 17.0 Å². The molecule has 0 aliphatic heterocycles. The van der Waals surface area contributed by atoms with Crippen molar-refractivity contribution in [2.45, 2.75) is 57.6 Å². The lowest BCUT2D eigenvalue weighted by Crippen LogP contribution is -2.52. The maximum atomic E-state index is 14.1. The van der Waals surface area contributed by atoms with Gasteiger partial charge in [-0.2, -0.15) is 0 Å². The molecule has 2 atom stereocenters. The number of hydrogen-bond acceptors (Lipinski definition) is 5. The number of anilines is 1. The molecular weight excluding hydrogens is 574 g/mol. The van der Waals surface area contributed by atoms with E-state index in [2.05, 4.69) is 5.32 Å². The largest absolute Gasteiger partial charge is 0.457 e. The fourth-order valence-electron chi connectivity index (χ4n) is 4.57. The van der Waals surface area contributed by atoms with Gasteiger partial charge in [0.1, 0.15) is 24.1 Å². The highest BCUT2D eigenvalue weighted by atomic mass is 32.2. The monoisotopic (exact) mass is 613 g/mol. The lowest BCUT2D eigenvalue weighted by molar-refractivity contribution is -0.139. The second-order valence-corrected chi connectivity index (χ2v) is 12.5. The first-order chi connectivity index (χ1) is 21.1. The number of nitrogens with zero attached hydrogens (tertiary/aromatic N) is 2. The van der Waals surface area contributed by atoms with E-state index in [-0.39, 0.29) is 29.1 Å². The molecule has 2 amide bonds. The minimum atomic E-state index is -4.16. The third-order valence-corrected chi connectivity index (χ3v) is 9.27. The predicted molar refractivity (Wildman–Crippen MR) is 173 cm³/mol. The first-order valence-corrected chi connectivity index (χ1v) is 16.1. The van der Waals surface area contributed by atoms with Crippen LogP contribution in [-0.2, 0) is 26.2 Å². The normalized spacial score (nSPS) is 12.5. The predicted octanol–water partition coefficient (Wildman–Crippen LogP) is 6.31. The Bertz CT molecular complexity index is 1650. The van der Waals surface area contributed by atoms with E-state index in [1.54, 1.807) is 49.4 Å². The van der Waals surface area contributed by atoms with Gasteiger partial charge in [0.15, 0.2) is 0 Å². The van der Waals surface area contributed by atoms with Crippen LogP contribution in [0.2, 0.25) is 0 Å². The molecule has 0 fully saturated rings. The summed E-state index contributed by atoms with van der Waals surface area (Å²) in [6.07, 6.45) is 0.733. The standard InChI is InChI=1S/C35H39N3O5S/c1-5-27(3)36-35(40)28(4)37(24-29-15-13-12-14-26(29)2)34(39)25-38(44(41,42)33-18-10-7-11-19-33)30-20-22-32(23-21-30)43-31-16-8-6-9-17-31/h6-23,27-28H,5,24-25H2,1-4H3,(H,36,40)/t27-,28-/m1/s1. The number of hydrogen-bond donors (Lipinski definition) is 1. The van der Waals surface area contributed by atoms with Gasteiger partial charge in [-0.15, -0.1) is 0 Å². The van der Waals surface area contributed by atoms with Gasteiger partial charge in [0.25, 0.3) is 10.0 Å². The number of benzene rings is 4. The summed E-state index contributed by atoms with van der Waals surface area (Å²) in [4.78, 5) is 28.9. The fraction of sp³-hybridized carbons (Fsp3) is 0.257. The van der Waals surface area contributed by atoms with Gasteiger partial charge in [-0.3, -0.25) is 13.9 Å². The maximum Gasteiger partial charge on any atom is 0.264 e. The topological polar surface area (TPSA) is 96.0 Å². The van der Waals surface area contributed by atoms with E-state index >= 15 is 0 Å². The van der Waals surface area contributed by atoms with Crippen molar-refractivity contribution < 1.29 is 22.7 Å². The van der Waals surface area contributed by atoms with Gasteiger partial charge < -0.3 is 15.0 Å². The van der Waals surface area contributed by atoms with Crippen LogP contribution in [-0.4, -0.2) is 43.8 Å². The average molecular weight is 614 g/mol. The Balaban J connectivity index is 1.70. The maximum absolute atomic E-state index is 14.1. The van der Waals surface area contributed by atoms with Crippen LogP contribution in [0.5, 0.6) is 11.5 Å². The molecule has 8 nitrogen and oxygen atoms in total. The number of rotatable bonds is 13. The van der Waals surface area contributed by atoms with Crippen LogP contribution < -0.4 is 14.4 Å². The molecule has 4 aromatic rings. The summed E-state index contributed by atoms with van der Waals surface area (Å²) < 4.78 is 35.0. The molecule has 0 radical (unpaired) electrons. The summed E-state index contributed by atoms with van der Waals surface area (Å²) in [5.74, 6) is 0.339. The van der Waals surface area contributed by atoms with Crippen molar-refractivity contribution in [3.05, 3.63) is 120 Å². The van der Waals surface area contributed by atoms with E-state index in [4.69, 9.17) is 4.74 Å². The van der Waals surface area contributed by atoms with Crippen molar-refractivity contribution in [1.82, 2.24) is 10.2 Å². The molecule has 0 unspecified atom stereocenters. The first kappa shape index (κ1) is 32.3. The molecule has 44 heavy (non-hydrogen) atoms. The summed E-state index contributed by atoms with van der Waals surface area (Å²) in [5.41, 5.74) is 2.11. The van der Waals surface area contributed by atoms with Gasteiger partial charge >= 0.3 is 0 Å². The molecular formula is C35H39N3O5S. The second kappa shape index (κ2) is 14.7. The minimum absolute atomic E-state index is 0.0467. The van der Waals surface area contributed by atoms with Crippen LogP contribution in [0.15, 0.2) is 114 Å². The minimum Gasteiger partial charge on any atom is -0.457 e. The van der Waals surface area contributed by atoms with E-state index < -0.39 is 28.5 Å². The number of para-hydroxylation sites is 1. The number of ether oxygens (including phenoxy) is 1. The Morgan fingerprint density at radius 3 is 1.98 bits per heavy atom. The van der Waals surface area contributed by atoms with Crippen LogP contribution in [0.25, 0.3) is 0 Å². The number of nitrogens with one attached hydrogen (secondary N) is 1. The van der Waals surface area contributed by atoms with Gasteiger partial charge in [-0.1, -0.05) is 67.6 Å². The zero-order valence-corrected chi connectivity index (χ0v) is 26.3. The molecule has 0 bridgehead atoms. The number of carbonyl (C=O) groups is 2. The van der Waals surface area contributed by atoms with Crippen molar-refractivity contribution in [2.75, 3.05) is 10.8 Å². The average Bonchev–Trinajstić information content (AvgIpc) is 3.04. The molecule has 0 heterocycles. The zero-order valence-electron chi connectivity index (χ0n) is 25.5. The van der Waals surface area contributed by atoms with Crippen molar-refractivity contribution in [2.24, 2.45) is 0 Å². The quantitative estimate of drug-likeness (QED) is 0.191. The van der Waals surface area contributed by atoms with Crippen molar-refractivity contribution in [3.63, 3.8) is 0 Å². The second-order valence-electron chi connectivity index (χ2n) is 10.7. The van der Waals surface area contributed by atoms with Gasteiger partial charge in [-0.05, 0) is 86.8 Å². The van der Waals surface area contributed by atoms with Crippen molar-refractivity contribution >= 4 is 27.5 Å². The van der Waals surface area contributed by atoms with Gasteiger partial charge in [0.2, 0.25) is 11.8 Å². The molecule has 9 heteroatoms. The lowest BCUT2D eigenvalue weighted by Gasteiger charge is -2.32. The van der Waals surface area contributed by atoms with E-state index in [9.17, 15) is 18.0 Å². The SMILES string of the molecule is CC[C@@H](C)NC(=O)[C@@H](C)N(Cc1ccccc1C)C(=O)CN(c1ccc(Oc2ccccc2)cc1)S(=O)(=O)c1ccccc1. The number of aryl methyl sites for hydroxylation is 1. The molecule has 0 aliphatic carbocycles. The summed E-state index contributed by atoms with van der Waals surface area (Å²) >= 11 is 0. The third kappa shape index (κ3) is 8.05. The van der Waals surface area contributed by atoms with Crippen LogP contribution in [0, 0.1) is 6.92 Å². The van der Waals surface area contributed by atoms with E-state index in [1.807, 2.05) is 75.4 Å². The van der Waals surface area contributed by atoms with Crippen molar-refractivity contribution in [1.29, 1.82) is 0 Å². The summed E-state index contributed by atoms with van der Waals surface area (Å²) in [7, 11) is -4.16. The molecule has 0 aromatic heterocycles. The van der Waals surface area contributed by atoms with Gasteiger partial charge in [-0.25, -0.2) is 8.42 Å². The highest BCUT2D eigenvalue weighted by molar-refractivity contribution is 7.92. The van der Waals surface area contributed by atoms with E-state index in [0.717, 1.165) is 21.9 Å². The molecule has 1 N–H and O–H groups in total. The molecule has 0 spiro atoms. The summed E-state index contributed by atoms with van der Waals surface area (Å²) in [5, 5.41) is 2.95. The Hall–Kier alpha value is -4.63. The highest BCUT2D eigenvalue weighted by Gasteiger charge is 2.33. The van der Waals surface area contributed by atoms with Crippen LogP contribution in [0.1, 0.15) is 38.3 Å². The smallest absolute Gasteiger partial charge is 0.264 e. The van der Waals surface area contributed by atoms with E-state index in [0.29, 0.717) is 11.5 Å². The lowest BCUT2D eigenvalue weighted by atomic mass is 10.1. The van der Waals surface area contributed by atoms with Crippen LogP contribution in [0.3, 0.4) is 0 Å². The molecule has 4 aromatic carbocycles. The zero-order chi connectivity index (χ0) is 31.7. The highest BCUT2D eigenvalue weighted by Crippen LogP contribution is 2.28.